The number of alkyl halides is 1. The molecule has 0 aliphatic carbocycles. The van der Waals surface area contributed by atoms with Gasteiger partial charge in [-0.25, -0.2) is 0 Å². The van der Waals surface area contributed by atoms with Gasteiger partial charge in [-0.2, -0.15) is 0 Å². The molecular formula is C14H10Br2ClI. The molecule has 2 rings (SSSR count). The van der Waals surface area contributed by atoms with Gasteiger partial charge in [-0.15, -0.1) is 11.6 Å². The van der Waals surface area contributed by atoms with Gasteiger partial charge in [0.1, 0.15) is 0 Å². The Kier molecular flexibility index (Phi) is 5.14. The number of benzene rings is 2. The van der Waals surface area contributed by atoms with Crippen LogP contribution in [0.15, 0.2) is 45.3 Å². The van der Waals surface area contributed by atoms with E-state index in [1.165, 1.54) is 9.13 Å². The molecule has 18 heavy (non-hydrogen) atoms. The van der Waals surface area contributed by atoms with Crippen LogP contribution in [0.4, 0.5) is 0 Å². The van der Waals surface area contributed by atoms with E-state index < -0.39 is 0 Å². The van der Waals surface area contributed by atoms with E-state index in [9.17, 15) is 0 Å². The van der Waals surface area contributed by atoms with E-state index in [0.717, 1.165) is 20.1 Å². The standard InChI is InChI=1S/C14H10Br2ClI/c1-8-3-2-4-10(14(8)18)13(17)11-7-9(15)5-6-12(11)16/h2-7,13H,1H3. The molecule has 4 heteroatoms. The van der Waals surface area contributed by atoms with Crippen molar-refractivity contribution in [3.05, 3.63) is 65.6 Å². The molecule has 2 aromatic carbocycles. The van der Waals surface area contributed by atoms with Crippen LogP contribution in [-0.4, -0.2) is 0 Å². The van der Waals surface area contributed by atoms with Crippen LogP contribution in [0.1, 0.15) is 22.1 Å². The van der Waals surface area contributed by atoms with E-state index >= 15 is 0 Å². The smallest absolute Gasteiger partial charge is 0.0857 e. The molecule has 1 unspecified atom stereocenters. The largest absolute Gasteiger partial charge is 0.113 e. The lowest BCUT2D eigenvalue weighted by Gasteiger charge is -2.15. The molecule has 0 amide bonds. The minimum absolute atomic E-state index is 0.149. The van der Waals surface area contributed by atoms with Crippen LogP contribution in [0.3, 0.4) is 0 Å². The van der Waals surface area contributed by atoms with Crippen molar-refractivity contribution in [3.63, 3.8) is 0 Å². The summed E-state index contributed by atoms with van der Waals surface area (Å²) in [5.41, 5.74) is 3.48. The molecule has 0 fully saturated rings. The Hall–Kier alpha value is 0.420. The summed E-state index contributed by atoms with van der Waals surface area (Å²) >= 11 is 16.0. The Morgan fingerprint density at radius 3 is 2.56 bits per heavy atom. The maximum Gasteiger partial charge on any atom is 0.0857 e. The van der Waals surface area contributed by atoms with Gasteiger partial charge in [-0.05, 0) is 64.4 Å². The van der Waals surface area contributed by atoms with E-state index in [1.807, 2.05) is 18.2 Å². The maximum absolute atomic E-state index is 6.63. The van der Waals surface area contributed by atoms with Gasteiger partial charge in [0.2, 0.25) is 0 Å². The normalized spacial score (nSPS) is 12.5. The number of hydrogen-bond acceptors (Lipinski definition) is 0. The fraction of sp³-hybridized carbons (Fsp3) is 0.143. The van der Waals surface area contributed by atoms with Gasteiger partial charge < -0.3 is 0 Å². The van der Waals surface area contributed by atoms with E-state index in [4.69, 9.17) is 11.6 Å². The fourth-order valence-corrected chi connectivity index (χ4v) is 3.95. The lowest BCUT2D eigenvalue weighted by Crippen LogP contribution is -1.99. The van der Waals surface area contributed by atoms with Crippen LogP contribution in [0.25, 0.3) is 0 Å². The molecule has 0 nitrogen and oxygen atoms in total. The third-order valence-electron chi connectivity index (χ3n) is 2.73. The Balaban J connectivity index is 2.51. The number of hydrogen-bond donors (Lipinski definition) is 0. The van der Waals surface area contributed by atoms with Gasteiger partial charge in [-0.1, -0.05) is 50.1 Å². The molecule has 94 valence electrons. The van der Waals surface area contributed by atoms with Crippen molar-refractivity contribution >= 4 is 66.1 Å². The Labute approximate surface area is 143 Å². The molecule has 0 radical (unpaired) electrons. The van der Waals surface area contributed by atoms with E-state index in [2.05, 4.69) is 79.6 Å². The first-order valence-electron chi connectivity index (χ1n) is 5.34. The van der Waals surface area contributed by atoms with Crippen molar-refractivity contribution in [3.8, 4) is 0 Å². The molecule has 0 heterocycles. The lowest BCUT2D eigenvalue weighted by atomic mass is 10.0. The fourth-order valence-electron chi connectivity index (χ4n) is 1.74. The summed E-state index contributed by atoms with van der Waals surface area (Å²) in [6.07, 6.45) is 0. The van der Waals surface area contributed by atoms with Crippen LogP contribution in [-0.2, 0) is 0 Å². The predicted molar refractivity (Wildman–Crippen MR) is 93.4 cm³/mol. The molecular weight excluding hydrogens is 490 g/mol. The zero-order chi connectivity index (χ0) is 13.3. The highest BCUT2D eigenvalue weighted by atomic mass is 127. The minimum Gasteiger partial charge on any atom is -0.113 e. The summed E-state index contributed by atoms with van der Waals surface area (Å²) in [5.74, 6) is 0. The van der Waals surface area contributed by atoms with Crippen LogP contribution in [0.2, 0.25) is 0 Å². The highest BCUT2D eigenvalue weighted by Crippen LogP contribution is 2.37. The average molecular weight is 500 g/mol. The molecule has 0 saturated carbocycles. The van der Waals surface area contributed by atoms with Crippen molar-refractivity contribution in [1.82, 2.24) is 0 Å². The van der Waals surface area contributed by atoms with Gasteiger partial charge in [0, 0.05) is 12.5 Å². The van der Waals surface area contributed by atoms with E-state index in [1.54, 1.807) is 0 Å². The zero-order valence-electron chi connectivity index (χ0n) is 9.55. The summed E-state index contributed by atoms with van der Waals surface area (Å²) < 4.78 is 3.29. The van der Waals surface area contributed by atoms with Gasteiger partial charge in [0.05, 0.1) is 5.38 Å². The van der Waals surface area contributed by atoms with Crippen molar-refractivity contribution in [2.45, 2.75) is 12.3 Å². The SMILES string of the molecule is Cc1cccc(C(Cl)c2cc(Br)ccc2Br)c1I. The van der Waals surface area contributed by atoms with Crippen molar-refractivity contribution < 1.29 is 0 Å². The van der Waals surface area contributed by atoms with Crippen LogP contribution >= 0.6 is 66.1 Å². The summed E-state index contributed by atoms with van der Waals surface area (Å²) in [4.78, 5) is 0. The summed E-state index contributed by atoms with van der Waals surface area (Å²) in [6, 6.07) is 12.3. The molecule has 0 bridgehead atoms. The second-order valence-electron chi connectivity index (χ2n) is 4.01. The molecule has 0 aromatic heterocycles. The molecule has 2 aromatic rings. The third-order valence-corrected chi connectivity index (χ3v) is 5.89. The second-order valence-corrected chi connectivity index (χ2v) is 7.29. The van der Waals surface area contributed by atoms with Gasteiger partial charge in [0.25, 0.3) is 0 Å². The topological polar surface area (TPSA) is 0 Å². The molecule has 0 N–H and O–H groups in total. The Bertz CT molecular complexity index is 582. The van der Waals surface area contributed by atoms with Gasteiger partial charge in [0.15, 0.2) is 0 Å². The van der Waals surface area contributed by atoms with Crippen molar-refractivity contribution in [2.75, 3.05) is 0 Å². The molecule has 0 spiro atoms. The monoisotopic (exact) mass is 498 g/mol. The van der Waals surface area contributed by atoms with E-state index in [0.29, 0.717) is 0 Å². The molecule has 0 saturated heterocycles. The van der Waals surface area contributed by atoms with Crippen LogP contribution in [0, 0.1) is 10.5 Å². The Morgan fingerprint density at radius 1 is 1.11 bits per heavy atom. The first kappa shape index (κ1) is 14.8. The Morgan fingerprint density at radius 2 is 1.83 bits per heavy atom. The third kappa shape index (κ3) is 3.11. The first-order chi connectivity index (χ1) is 8.50. The molecule has 0 aliphatic heterocycles. The molecule has 1 atom stereocenters. The molecule has 0 aliphatic rings. The van der Waals surface area contributed by atoms with Gasteiger partial charge in [-0.3, -0.25) is 0 Å². The second kappa shape index (κ2) is 6.25. The lowest BCUT2D eigenvalue weighted by molar-refractivity contribution is 1.10. The highest BCUT2D eigenvalue weighted by molar-refractivity contribution is 14.1. The van der Waals surface area contributed by atoms with Gasteiger partial charge >= 0.3 is 0 Å². The number of rotatable bonds is 2. The maximum atomic E-state index is 6.63. The highest BCUT2D eigenvalue weighted by Gasteiger charge is 2.17. The summed E-state index contributed by atoms with van der Waals surface area (Å²) in [6.45, 7) is 2.10. The van der Waals surface area contributed by atoms with Crippen molar-refractivity contribution in [2.24, 2.45) is 0 Å². The quantitative estimate of drug-likeness (QED) is 0.328. The summed E-state index contributed by atoms with van der Waals surface area (Å²) in [5, 5.41) is -0.149. The first-order valence-corrected chi connectivity index (χ1v) is 8.45. The number of aryl methyl sites for hydroxylation is 1. The zero-order valence-corrected chi connectivity index (χ0v) is 15.6. The number of halogens is 4. The van der Waals surface area contributed by atoms with Crippen LogP contribution in [0.5, 0.6) is 0 Å². The van der Waals surface area contributed by atoms with Crippen LogP contribution < -0.4 is 0 Å². The predicted octanol–water partition coefficient (Wildman–Crippen LogP) is 6.45. The summed E-state index contributed by atoms with van der Waals surface area (Å²) in [7, 11) is 0. The minimum atomic E-state index is -0.149. The van der Waals surface area contributed by atoms with E-state index in [-0.39, 0.29) is 5.38 Å². The average Bonchev–Trinajstić information content (AvgIpc) is 2.35. The van der Waals surface area contributed by atoms with Crippen molar-refractivity contribution in [1.29, 1.82) is 0 Å².